The zero-order chi connectivity index (χ0) is 28.4. The number of rotatable bonds is 8. The molecule has 212 valence electrons. The molecule has 0 radical (unpaired) electrons. The van der Waals surface area contributed by atoms with Crippen molar-refractivity contribution in [1.82, 2.24) is 0 Å². The maximum absolute atomic E-state index is 13.4. The van der Waals surface area contributed by atoms with E-state index in [9.17, 15) is 50.1 Å². The van der Waals surface area contributed by atoms with Gasteiger partial charge in [-0.15, -0.1) is 0 Å². The lowest BCUT2D eigenvalue weighted by Crippen LogP contribution is -2.64. The molecule has 11 nitrogen and oxygen atoms in total. The van der Waals surface area contributed by atoms with E-state index < -0.39 is 71.2 Å². The lowest BCUT2D eigenvalue weighted by atomic mass is 9.46. The molecule has 11 heteroatoms. The molecule has 3 saturated carbocycles. The Labute approximate surface area is 220 Å². The predicted molar refractivity (Wildman–Crippen MR) is 130 cm³/mol. The Kier molecular flexibility index (Phi) is 7.65. The second kappa shape index (κ2) is 9.97. The second-order valence-electron chi connectivity index (χ2n) is 12.0. The quantitative estimate of drug-likeness (QED) is 0.157. The average molecular weight is 539 g/mol. The summed E-state index contributed by atoms with van der Waals surface area (Å²) in [5.74, 6) is -3.55. The molecule has 0 amide bonds. The lowest BCUT2D eigenvalue weighted by Gasteiger charge is -2.59. The van der Waals surface area contributed by atoms with Gasteiger partial charge in [-0.1, -0.05) is 25.5 Å². The van der Waals surface area contributed by atoms with Gasteiger partial charge < -0.3 is 40.9 Å². The first-order valence-corrected chi connectivity index (χ1v) is 13.1. The van der Waals surface area contributed by atoms with Gasteiger partial charge in [0.25, 0.3) is 0 Å². The molecule has 1 unspecified atom stereocenters. The molecule has 0 aromatic heterocycles. The molecule has 0 aliphatic heterocycles. The van der Waals surface area contributed by atoms with Gasteiger partial charge in [0.2, 0.25) is 5.78 Å². The van der Waals surface area contributed by atoms with E-state index in [4.69, 9.17) is 5.11 Å². The number of hydrogen-bond donors (Lipinski definition) is 8. The average Bonchev–Trinajstić information content (AvgIpc) is 3.16. The zero-order valence-electron chi connectivity index (χ0n) is 21.5. The molecule has 4 rings (SSSR count). The highest BCUT2D eigenvalue weighted by atomic mass is 16.4. The highest BCUT2D eigenvalue weighted by molar-refractivity contribution is 6.10. The molecule has 0 heterocycles. The van der Waals surface area contributed by atoms with Crippen LogP contribution in [0.2, 0.25) is 0 Å². The summed E-state index contributed by atoms with van der Waals surface area (Å²) >= 11 is 0. The Morgan fingerprint density at radius 3 is 2.37 bits per heavy atom. The number of carbonyl (C=O) groups is 3. The normalized spacial score (nSPS) is 42.2. The molecule has 4 aliphatic rings. The number of hydrogen-bond acceptors (Lipinski definition) is 11. The van der Waals surface area contributed by atoms with E-state index in [1.165, 1.54) is 6.08 Å². The molecular formula is C27H38O11. The van der Waals surface area contributed by atoms with E-state index in [1.54, 1.807) is 13.0 Å². The Morgan fingerprint density at radius 2 is 1.74 bits per heavy atom. The second-order valence-corrected chi connectivity index (χ2v) is 12.0. The van der Waals surface area contributed by atoms with Gasteiger partial charge in [-0.3, -0.25) is 14.4 Å². The van der Waals surface area contributed by atoms with Crippen LogP contribution in [0.25, 0.3) is 0 Å². The fraction of sp³-hybridized carbons (Fsp3) is 0.741. The monoisotopic (exact) mass is 538 g/mol. The van der Waals surface area contributed by atoms with Crippen molar-refractivity contribution < 1.29 is 55.2 Å². The van der Waals surface area contributed by atoms with Crippen LogP contribution < -0.4 is 0 Å². The van der Waals surface area contributed by atoms with Gasteiger partial charge in [0.05, 0.1) is 12.7 Å². The minimum absolute atomic E-state index is 0.000769. The molecule has 3 fully saturated rings. The molecule has 12 atom stereocenters. The SMILES string of the molecule is C[C@]12C=CC(=O)C=C1CC[C@@H]1[C@@H]2[C@@H](O)C[C@@]2(C)[C@H]1CC[C@]2(O)C(=O)C(O)C(=O)[C@H](O)[C@@H](O)[C@H](O)[C@H](O)CO. The van der Waals surface area contributed by atoms with Crippen molar-refractivity contribution in [2.45, 2.75) is 88.2 Å². The van der Waals surface area contributed by atoms with Crippen molar-refractivity contribution in [2.24, 2.45) is 28.6 Å². The Balaban J connectivity index is 1.58. The minimum atomic E-state index is -2.54. The summed E-state index contributed by atoms with van der Waals surface area (Å²) in [5, 5.41) is 82.1. The van der Waals surface area contributed by atoms with E-state index in [0.717, 1.165) is 5.57 Å². The Morgan fingerprint density at radius 1 is 1.08 bits per heavy atom. The number of aliphatic hydroxyl groups is 8. The Bertz CT molecular complexity index is 1050. The van der Waals surface area contributed by atoms with Crippen molar-refractivity contribution in [1.29, 1.82) is 0 Å². The van der Waals surface area contributed by atoms with Crippen LogP contribution in [0.5, 0.6) is 0 Å². The van der Waals surface area contributed by atoms with Crippen molar-refractivity contribution >= 4 is 17.3 Å². The summed E-state index contributed by atoms with van der Waals surface area (Å²) in [4.78, 5) is 38.1. The predicted octanol–water partition coefficient (Wildman–Crippen LogP) is -2.07. The summed E-state index contributed by atoms with van der Waals surface area (Å²) in [6.07, 6.45) is -5.84. The van der Waals surface area contributed by atoms with Crippen LogP contribution in [-0.2, 0) is 14.4 Å². The molecule has 4 aliphatic carbocycles. The number of carbonyl (C=O) groups excluding carboxylic acids is 3. The number of aliphatic hydroxyl groups excluding tert-OH is 7. The molecule has 38 heavy (non-hydrogen) atoms. The third-order valence-electron chi connectivity index (χ3n) is 10.1. The summed E-state index contributed by atoms with van der Waals surface area (Å²) in [6.45, 7) is 2.65. The largest absolute Gasteiger partial charge is 0.394 e. The van der Waals surface area contributed by atoms with Crippen LogP contribution in [0.15, 0.2) is 23.8 Å². The van der Waals surface area contributed by atoms with Crippen molar-refractivity contribution in [2.75, 3.05) is 6.61 Å². The van der Waals surface area contributed by atoms with Crippen LogP contribution in [0.3, 0.4) is 0 Å². The molecule has 0 saturated heterocycles. The van der Waals surface area contributed by atoms with Crippen LogP contribution in [0, 0.1) is 28.6 Å². The summed E-state index contributed by atoms with van der Waals surface area (Å²) in [7, 11) is 0. The summed E-state index contributed by atoms with van der Waals surface area (Å²) in [6, 6.07) is 0. The fourth-order valence-electron chi connectivity index (χ4n) is 7.94. The van der Waals surface area contributed by atoms with Gasteiger partial charge in [-0.05, 0) is 56.1 Å². The van der Waals surface area contributed by atoms with E-state index >= 15 is 0 Å². The summed E-state index contributed by atoms with van der Waals surface area (Å²) in [5.41, 5.74) is -3.05. The topological polar surface area (TPSA) is 213 Å². The van der Waals surface area contributed by atoms with Gasteiger partial charge >= 0.3 is 0 Å². The first kappa shape index (κ1) is 29.2. The van der Waals surface area contributed by atoms with Gasteiger partial charge in [0.15, 0.2) is 17.7 Å². The number of Topliss-reactive ketones (excluding diaryl/α,β-unsaturated/α-hetero) is 2. The molecule has 0 bridgehead atoms. The standard InChI is InChI=1S/C27H38O11/c1-25-7-5-13(29)9-12(25)3-4-14-15-6-8-27(38,26(15,2)10-16(30)18(14)25)24(37)23(36)22(35)21(34)20(33)19(32)17(31)11-28/h5,7,9,14-21,23,28,30-34,36,38H,3-4,6,8,10-11H2,1-2H3/t14-,15-,16-,17+,18+,19+,20-,21+,23?,25-,26-,27-/m0/s1. The molecule has 8 N–H and O–H groups in total. The van der Waals surface area contributed by atoms with E-state index in [0.29, 0.717) is 19.3 Å². The van der Waals surface area contributed by atoms with E-state index in [2.05, 4.69) is 0 Å². The first-order chi connectivity index (χ1) is 17.6. The first-order valence-electron chi connectivity index (χ1n) is 13.1. The highest BCUT2D eigenvalue weighted by Crippen LogP contribution is 2.67. The third kappa shape index (κ3) is 4.15. The van der Waals surface area contributed by atoms with Crippen molar-refractivity contribution in [3.8, 4) is 0 Å². The van der Waals surface area contributed by atoms with Crippen LogP contribution in [-0.4, -0.2) is 107 Å². The van der Waals surface area contributed by atoms with Gasteiger partial charge in [-0.2, -0.15) is 0 Å². The maximum atomic E-state index is 13.4. The molecule has 0 aromatic rings. The maximum Gasteiger partial charge on any atom is 0.200 e. The van der Waals surface area contributed by atoms with Crippen molar-refractivity contribution in [3.05, 3.63) is 23.8 Å². The van der Waals surface area contributed by atoms with Gasteiger partial charge in [-0.25, -0.2) is 0 Å². The van der Waals surface area contributed by atoms with Crippen molar-refractivity contribution in [3.63, 3.8) is 0 Å². The summed E-state index contributed by atoms with van der Waals surface area (Å²) < 4.78 is 0. The zero-order valence-corrected chi connectivity index (χ0v) is 21.5. The molecule has 0 spiro atoms. The third-order valence-corrected chi connectivity index (χ3v) is 10.1. The minimum Gasteiger partial charge on any atom is -0.394 e. The van der Waals surface area contributed by atoms with E-state index in [1.807, 2.05) is 13.0 Å². The number of ketones is 3. The van der Waals surface area contributed by atoms with Crippen LogP contribution >= 0.6 is 0 Å². The number of fused-ring (bicyclic) bond motifs is 5. The van der Waals surface area contributed by atoms with E-state index in [-0.39, 0.29) is 36.4 Å². The van der Waals surface area contributed by atoms with Gasteiger partial charge in [0.1, 0.15) is 30.0 Å². The lowest BCUT2D eigenvalue weighted by molar-refractivity contribution is -0.185. The van der Waals surface area contributed by atoms with Crippen LogP contribution in [0.1, 0.15) is 46.0 Å². The fourth-order valence-corrected chi connectivity index (χ4v) is 7.94. The van der Waals surface area contributed by atoms with Gasteiger partial charge in [0, 0.05) is 16.7 Å². The smallest absolute Gasteiger partial charge is 0.200 e. The highest BCUT2D eigenvalue weighted by Gasteiger charge is 2.69. The van der Waals surface area contributed by atoms with Crippen LogP contribution in [0.4, 0.5) is 0 Å². The molecular weight excluding hydrogens is 500 g/mol. The Hall–Kier alpha value is -1.83. The molecule has 0 aromatic carbocycles. The number of allylic oxidation sites excluding steroid dienone is 4.